The van der Waals surface area contributed by atoms with Crippen LogP contribution >= 0.6 is 23.2 Å². The zero-order chi connectivity index (χ0) is 27.2. The average Bonchev–Trinajstić information content (AvgIpc) is 3.48. The lowest BCUT2D eigenvalue weighted by Crippen LogP contribution is -2.16. The van der Waals surface area contributed by atoms with E-state index in [2.05, 4.69) is 25.1 Å². The van der Waals surface area contributed by atoms with Gasteiger partial charge < -0.3 is 9.88 Å². The normalized spacial score (nSPS) is 11.8. The molecule has 0 saturated heterocycles. The number of nitrogens with two attached hydrogens (primary N) is 1. The van der Waals surface area contributed by atoms with E-state index in [1.54, 1.807) is 30.0 Å². The number of hydrogen-bond donors (Lipinski definition) is 2. The molecule has 38 heavy (non-hydrogen) atoms. The van der Waals surface area contributed by atoms with Gasteiger partial charge >= 0.3 is 0 Å². The molecule has 0 aliphatic heterocycles. The number of benzene rings is 2. The van der Waals surface area contributed by atoms with E-state index in [9.17, 15) is 13.2 Å². The van der Waals surface area contributed by atoms with Crippen LogP contribution in [-0.4, -0.2) is 57.0 Å². The fourth-order valence-electron chi connectivity index (χ4n) is 3.97. The first kappa shape index (κ1) is 25.9. The van der Waals surface area contributed by atoms with Gasteiger partial charge in [0.15, 0.2) is 11.5 Å². The van der Waals surface area contributed by atoms with Gasteiger partial charge in [0.2, 0.25) is 10.0 Å². The summed E-state index contributed by atoms with van der Waals surface area (Å²) in [5.41, 5.74) is 1.94. The van der Waals surface area contributed by atoms with Gasteiger partial charge in [0.05, 0.1) is 21.5 Å². The van der Waals surface area contributed by atoms with Crippen LogP contribution < -0.4 is 15.6 Å². The Labute approximate surface area is 226 Å². The monoisotopic (exact) mass is 573 g/mol. The van der Waals surface area contributed by atoms with E-state index in [4.69, 9.17) is 28.3 Å². The van der Waals surface area contributed by atoms with Crippen LogP contribution in [-0.2, 0) is 23.0 Å². The number of primary sulfonamides is 1. The van der Waals surface area contributed by atoms with E-state index in [0.29, 0.717) is 24.6 Å². The fraction of sp³-hybridized carbons (Fsp3) is 0.174. The van der Waals surface area contributed by atoms with E-state index in [-0.39, 0.29) is 31.7 Å². The van der Waals surface area contributed by atoms with Gasteiger partial charge in [-0.3, -0.25) is 4.79 Å². The summed E-state index contributed by atoms with van der Waals surface area (Å²) in [5.74, 6) is 0.729. The standard InChI is InChI=1S/C23H21Cl2N9O3S/c1-32(2)22-19-21(34(31-22)20-16(24)8-15(9-17(20)25)38(26,36)37)29-18(30-23(19)35)7-13-3-5-14(6-4-13)10-33-12-27-11-28-33/h3-6,8-9,11-12H,7,10H2,1-2H3,(H2,26,36,37)(H,29,30,35). The first-order chi connectivity index (χ1) is 18.0. The van der Waals surface area contributed by atoms with Crippen molar-refractivity contribution in [1.29, 1.82) is 0 Å². The van der Waals surface area contributed by atoms with Crippen LogP contribution in [0.2, 0.25) is 10.0 Å². The summed E-state index contributed by atoms with van der Waals surface area (Å²) in [6.07, 6.45) is 3.46. The Morgan fingerprint density at radius 2 is 1.74 bits per heavy atom. The van der Waals surface area contributed by atoms with Crippen LogP contribution in [0.25, 0.3) is 16.7 Å². The first-order valence-corrected chi connectivity index (χ1v) is 13.4. The Morgan fingerprint density at radius 1 is 1.08 bits per heavy atom. The zero-order valence-corrected chi connectivity index (χ0v) is 22.5. The van der Waals surface area contributed by atoms with E-state index in [1.807, 2.05) is 24.3 Å². The zero-order valence-electron chi connectivity index (χ0n) is 20.1. The summed E-state index contributed by atoms with van der Waals surface area (Å²) >= 11 is 12.9. The summed E-state index contributed by atoms with van der Waals surface area (Å²) in [4.78, 5) is 26.1. The number of anilines is 1. The van der Waals surface area contributed by atoms with E-state index < -0.39 is 15.6 Å². The molecule has 0 aliphatic rings. The molecule has 196 valence electrons. The molecule has 0 unspecified atom stereocenters. The minimum atomic E-state index is -4.05. The lowest BCUT2D eigenvalue weighted by atomic mass is 10.1. The van der Waals surface area contributed by atoms with Crippen LogP contribution in [0.3, 0.4) is 0 Å². The van der Waals surface area contributed by atoms with Gasteiger partial charge in [0.25, 0.3) is 5.56 Å². The van der Waals surface area contributed by atoms with Gasteiger partial charge in [0, 0.05) is 20.5 Å². The number of sulfonamides is 1. The van der Waals surface area contributed by atoms with Crippen molar-refractivity contribution in [3.8, 4) is 5.69 Å². The smallest absolute Gasteiger partial charge is 0.264 e. The highest BCUT2D eigenvalue weighted by molar-refractivity contribution is 7.89. The number of H-pyrrole nitrogens is 1. The highest BCUT2D eigenvalue weighted by Crippen LogP contribution is 2.34. The second-order valence-electron chi connectivity index (χ2n) is 8.71. The molecule has 3 aromatic heterocycles. The molecule has 0 radical (unpaired) electrons. The van der Waals surface area contributed by atoms with Gasteiger partial charge in [-0.1, -0.05) is 47.5 Å². The molecule has 0 atom stereocenters. The Bertz CT molecular complexity index is 1790. The Morgan fingerprint density at radius 3 is 2.32 bits per heavy atom. The molecule has 15 heteroatoms. The van der Waals surface area contributed by atoms with Crippen molar-refractivity contribution in [2.24, 2.45) is 5.14 Å². The first-order valence-electron chi connectivity index (χ1n) is 11.1. The lowest BCUT2D eigenvalue weighted by molar-refractivity contribution is 0.598. The minimum absolute atomic E-state index is 0.0252. The van der Waals surface area contributed by atoms with Crippen molar-refractivity contribution in [1.82, 2.24) is 34.5 Å². The topological polar surface area (TPSA) is 158 Å². The van der Waals surface area contributed by atoms with Crippen LogP contribution in [0.5, 0.6) is 0 Å². The van der Waals surface area contributed by atoms with Crippen molar-refractivity contribution in [3.63, 3.8) is 0 Å². The summed E-state index contributed by atoms with van der Waals surface area (Å²) in [5, 5.41) is 14.0. The molecule has 0 amide bonds. The van der Waals surface area contributed by atoms with Gasteiger partial charge in [-0.05, 0) is 23.3 Å². The predicted molar refractivity (Wildman–Crippen MR) is 144 cm³/mol. The molecule has 2 aromatic carbocycles. The number of rotatable bonds is 7. The average molecular weight is 574 g/mol. The second-order valence-corrected chi connectivity index (χ2v) is 11.1. The van der Waals surface area contributed by atoms with E-state index >= 15 is 0 Å². The van der Waals surface area contributed by atoms with E-state index in [0.717, 1.165) is 11.1 Å². The van der Waals surface area contributed by atoms with Gasteiger partial charge in [-0.15, -0.1) is 5.10 Å². The molecular formula is C23H21Cl2N9O3S. The number of aromatic nitrogens is 7. The van der Waals surface area contributed by atoms with Crippen LogP contribution in [0.15, 0.2) is 58.7 Å². The molecule has 3 heterocycles. The second kappa shape index (κ2) is 9.83. The van der Waals surface area contributed by atoms with Crippen LogP contribution in [0.4, 0.5) is 5.82 Å². The molecule has 0 aliphatic carbocycles. The molecular weight excluding hydrogens is 553 g/mol. The minimum Gasteiger partial charge on any atom is -0.361 e. The third-order valence-corrected chi connectivity index (χ3v) is 7.20. The summed E-state index contributed by atoms with van der Waals surface area (Å²) in [7, 11) is -0.589. The SMILES string of the molecule is CN(C)c1nn(-c2c(Cl)cc(S(N)(=O)=O)cc2Cl)c2nc(Cc3ccc(Cn4cncn4)cc3)[nH]c(=O)c12. The third kappa shape index (κ3) is 5.00. The Hall–Kier alpha value is -3.78. The maximum atomic E-state index is 13.2. The van der Waals surface area contributed by atoms with Crippen molar-refractivity contribution in [2.75, 3.05) is 19.0 Å². The predicted octanol–water partition coefficient (Wildman–Crippen LogP) is 2.36. The van der Waals surface area contributed by atoms with Crippen LogP contribution in [0.1, 0.15) is 17.0 Å². The van der Waals surface area contributed by atoms with Gasteiger partial charge in [0.1, 0.15) is 29.6 Å². The molecule has 5 aromatic rings. The molecule has 3 N–H and O–H groups in total. The van der Waals surface area contributed by atoms with Crippen molar-refractivity contribution >= 4 is 50.1 Å². The Kier molecular flexibility index (Phi) is 6.69. The number of nitrogens with one attached hydrogen (secondary N) is 1. The number of hydrogen-bond acceptors (Lipinski definition) is 8. The molecule has 0 fully saturated rings. The third-order valence-electron chi connectivity index (χ3n) is 5.73. The lowest BCUT2D eigenvalue weighted by Gasteiger charge is -2.11. The maximum Gasteiger partial charge on any atom is 0.264 e. The van der Waals surface area contributed by atoms with Crippen molar-refractivity contribution in [2.45, 2.75) is 17.9 Å². The van der Waals surface area contributed by atoms with Crippen molar-refractivity contribution < 1.29 is 8.42 Å². The highest BCUT2D eigenvalue weighted by Gasteiger charge is 2.24. The van der Waals surface area contributed by atoms with Crippen molar-refractivity contribution in [3.05, 3.63) is 86.4 Å². The highest BCUT2D eigenvalue weighted by atomic mass is 35.5. The summed E-state index contributed by atoms with van der Waals surface area (Å²) < 4.78 is 26.7. The molecule has 5 rings (SSSR count). The van der Waals surface area contributed by atoms with Gasteiger partial charge in [-0.25, -0.2) is 32.9 Å². The quantitative estimate of drug-likeness (QED) is 0.300. The summed E-state index contributed by atoms with van der Waals surface area (Å²) in [6.45, 7) is 0.583. The number of nitrogens with zero attached hydrogens (tertiary/aromatic N) is 7. The summed E-state index contributed by atoms with van der Waals surface area (Å²) in [6, 6.07) is 10.2. The maximum absolute atomic E-state index is 13.2. The largest absolute Gasteiger partial charge is 0.361 e. The van der Waals surface area contributed by atoms with Crippen LogP contribution in [0, 0.1) is 0 Å². The van der Waals surface area contributed by atoms with Gasteiger partial charge in [-0.2, -0.15) is 5.10 Å². The fourth-order valence-corrected chi connectivity index (χ4v) is 5.31. The number of fused-ring (bicyclic) bond motifs is 1. The number of halogens is 2. The van der Waals surface area contributed by atoms with E-state index in [1.165, 1.54) is 23.1 Å². The Balaban J connectivity index is 1.58. The molecule has 0 bridgehead atoms. The molecule has 0 saturated carbocycles. The molecule has 12 nitrogen and oxygen atoms in total. The number of aromatic amines is 1. The molecule has 0 spiro atoms.